The molecule has 2 aromatic heterocycles. The largest absolute Gasteiger partial charge is 0.340 e. The molecule has 1 unspecified atom stereocenters. The molecule has 1 aliphatic rings. The number of nitrogens with one attached hydrogen (secondary N) is 2. The van der Waals surface area contributed by atoms with E-state index in [0.717, 1.165) is 33.5 Å². The number of fused-ring (bicyclic) bond motifs is 1. The van der Waals surface area contributed by atoms with Gasteiger partial charge in [-0.05, 0) is 65.2 Å². The number of H-pyrrole nitrogens is 1. The predicted molar refractivity (Wildman–Crippen MR) is 116 cm³/mol. The molecule has 0 bridgehead atoms. The van der Waals surface area contributed by atoms with Crippen LogP contribution in [-0.2, 0) is 4.32 Å². The molecule has 7 heteroatoms. The molecule has 1 atom stereocenters. The lowest BCUT2D eigenvalue weighted by molar-refractivity contribution is 0.626. The van der Waals surface area contributed by atoms with Gasteiger partial charge in [-0.3, -0.25) is 10.1 Å². The van der Waals surface area contributed by atoms with Crippen LogP contribution in [0.1, 0.15) is 22.3 Å². The molecular weight excluding hydrogens is 450 g/mol. The van der Waals surface area contributed by atoms with Crippen molar-refractivity contribution in [1.29, 1.82) is 0 Å². The van der Waals surface area contributed by atoms with Gasteiger partial charge in [0.25, 0.3) is 0 Å². The Balaban J connectivity index is 1.86. The van der Waals surface area contributed by atoms with E-state index in [1.807, 2.05) is 12.1 Å². The highest BCUT2D eigenvalue weighted by molar-refractivity contribution is 9.10. The number of benzene rings is 2. The highest BCUT2D eigenvalue weighted by Crippen LogP contribution is 2.56. The summed E-state index contributed by atoms with van der Waals surface area (Å²) in [7, 11) is 0. The summed E-state index contributed by atoms with van der Waals surface area (Å²) in [5.41, 5.74) is 5.06. The third kappa shape index (κ3) is 2.93. The average molecular weight is 465 g/mol. The molecule has 0 spiro atoms. The fourth-order valence-corrected chi connectivity index (χ4v) is 4.80. The fraction of sp³-hybridized carbons (Fsp3) is 0.0435. The van der Waals surface area contributed by atoms with Crippen molar-refractivity contribution in [2.45, 2.75) is 4.32 Å². The van der Waals surface area contributed by atoms with Crippen LogP contribution in [0.25, 0.3) is 11.3 Å². The zero-order chi connectivity index (χ0) is 20.7. The second-order valence-electron chi connectivity index (χ2n) is 6.94. The number of allylic oxidation sites excluding steroid dienone is 1. The molecule has 148 valence electrons. The van der Waals surface area contributed by atoms with Crippen LogP contribution in [-0.4, -0.2) is 15.2 Å². The number of pyridine rings is 1. The van der Waals surface area contributed by atoms with Gasteiger partial charge < -0.3 is 5.32 Å². The highest BCUT2D eigenvalue weighted by atomic mass is 79.9. The zero-order valence-corrected chi connectivity index (χ0v) is 17.1. The van der Waals surface area contributed by atoms with E-state index in [0.29, 0.717) is 5.82 Å². The molecule has 2 aromatic carbocycles. The van der Waals surface area contributed by atoms with Crippen LogP contribution in [0.4, 0.5) is 14.6 Å². The second-order valence-corrected chi connectivity index (χ2v) is 8.13. The van der Waals surface area contributed by atoms with Crippen LogP contribution in [0.5, 0.6) is 0 Å². The van der Waals surface area contributed by atoms with Gasteiger partial charge in [-0.1, -0.05) is 28.1 Å². The van der Waals surface area contributed by atoms with E-state index in [1.165, 1.54) is 24.3 Å². The first-order chi connectivity index (χ1) is 14.6. The maximum atomic E-state index is 13.7. The van der Waals surface area contributed by atoms with Crippen LogP contribution in [0.15, 0.2) is 79.3 Å². The number of hydrogen-bond donors (Lipinski definition) is 2. The first kappa shape index (κ1) is 18.7. The SMILES string of the molecule is Fc1ccc(C2=C(c3ccncc3)C(Br)(c3ccc(F)cc3)c3cn[nH]c3N2)cc1. The maximum Gasteiger partial charge on any atom is 0.131 e. The van der Waals surface area contributed by atoms with E-state index in [9.17, 15) is 8.78 Å². The maximum absolute atomic E-state index is 13.7. The summed E-state index contributed by atoms with van der Waals surface area (Å²) in [5, 5.41) is 10.6. The van der Waals surface area contributed by atoms with Gasteiger partial charge in [0.05, 0.1) is 11.9 Å². The summed E-state index contributed by atoms with van der Waals surface area (Å²) in [5.74, 6) is 0.0734. The Labute approximate surface area is 179 Å². The lowest BCUT2D eigenvalue weighted by Gasteiger charge is -2.37. The van der Waals surface area contributed by atoms with Crippen LogP contribution >= 0.6 is 15.9 Å². The third-order valence-corrected chi connectivity index (χ3v) is 6.48. The van der Waals surface area contributed by atoms with Crippen molar-refractivity contribution in [2.24, 2.45) is 0 Å². The molecule has 0 fully saturated rings. The van der Waals surface area contributed by atoms with E-state index in [-0.39, 0.29) is 11.6 Å². The Morgan fingerprint density at radius 3 is 2.10 bits per heavy atom. The Morgan fingerprint density at radius 1 is 0.800 bits per heavy atom. The van der Waals surface area contributed by atoms with Crippen LogP contribution in [0.2, 0.25) is 0 Å². The van der Waals surface area contributed by atoms with E-state index >= 15 is 0 Å². The molecule has 3 heterocycles. The van der Waals surface area contributed by atoms with Crippen LogP contribution in [0, 0.1) is 11.6 Å². The van der Waals surface area contributed by atoms with Crippen molar-refractivity contribution in [1.82, 2.24) is 15.2 Å². The number of anilines is 1. The lowest BCUT2D eigenvalue weighted by atomic mass is 9.78. The number of hydrogen-bond acceptors (Lipinski definition) is 3. The normalized spacial score (nSPS) is 18.1. The summed E-state index contributed by atoms with van der Waals surface area (Å²) in [6.07, 6.45) is 5.17. The van der Waals surface area contributed by atoms with Crippen molar-refractivity contribution in [3.63, 3.8) is 0 Å². The van der Waals surface area contributed by atoms with E-state index in [2.05, 4.69) is 36.4 Å². The standard InChI is InChI=1S/C23H15BrF2N4/c24-23(16-3-7-18(26)8-4-16)19-13-28-30-22(19)29-21(15-1-5-17(25)6-2-15)20(23)14-9-11-27-12-10-14/h1-13H,(H2,28,29,30). The quantitative estimate of drug-likeness (QED) is 0.381. The Kier molecular flexibility index (Phi) is 4.47. The number of halogens is 3. The molecule has 0 radical (unpaired) electrons. The minimum Gasteiger partial charge on any atom is -0.340 e. The summed E-state index contributed by atoms with van der Waals surface area (Å²) < 4.78 is 26.5. The molecule has 2 N–H and O–H groups in total. The van der Waals surface area contributed by atoms with Gasteiger partial charge in [-0.25, -0.2) is 8.78 Å². The molecule has 1 aliphatic heterocycles. The Hall–Kier alpha value is -3.32. The van der Waals surface area contributed by atoms with Crippen molar-refractivity contribution in [3.05, 3.63) is 113 Å². The average Bonchev–Trinajstić information content (AvgIpc) is 3.25. The number of alkyl halides is 1. The minimum atomic E-state index is -0.834. The van der Waals surface area contributed by atoms with E-state index < -0.39 is 4.32 Å². The van der Waals surface area contributed by atoms with Gasteiger partial charge in [0.2, 0.25) is 0 Å². The summed E-state index contributed by atoms with van der Waals surface area (Å²) in [6, 6.07) is 16.5. The van der Waals surface area contributed by atoms with Gasteiger partial charge in [0.15, 0.2) is 0 Å². The topological polar surface area (TPSA) is 53.6 Å². The molecule has 0 saturated carbocycles. The van der Waals surface area contributed by atoms with E-state index in [1.54, 1.807) is 42.9 Å². The molecule has 4 nitrogen and oxygen atoms in total. The molecular formula is C23H15BrF2N4. The molecule has 4 aromatic rings. The molecule has 0 saturated heterocycles. The third-order valence-electron chi connectivity index (χ3n) is 5.20. The minimum absolute atomic E-state index is 0.313. The Bertz CT molecular complexity index is 1230. The Morgan fingerprint density at radius 2 is 1.43 bits per heavy atom. The van der Waals surface area contributed by atoms with E-state index in [4.69, 9.17) is 0 Å². The zero-order valence-electron chi connectivity index (χ0n) is 15.5. The fourth-order valence-electron chi connectivity index (χ4n) is 3.81. The van der Waals surface area contributed by atoms with Crippen LogP contribution < -0.4 is 5.32 Å². The smallest absolute Gasteiger partial charge is 0.131 e. The number of aromatic amines is 1. The molecule has 0 aliphatic carbocycles. The highest BCUT2D eigenvalue weighted by Gasteiger charge is 2.44. The van der Waals surface area contributed by atoms with Gasteiger partial charge in [-0.2, -0.15) is 5.10 Å². The second kappa shape index (κ2) is 7.18. The van der Waals surface area contributed by atoms with Gasteiger partial charge in [0.1, 0.15) is 21.8 Å². The van der Waals surface area contributed by atoms with Gasteiger partial charge >= 0.3 is 0 Å². The van der Waals surface area contributed by atoms with Crippen molar-refractivity contribution < 1.29 is 8.78 Å². The number of aromatic nitrogens is 3. The predicted octanol–water partition coefficient (Wildman–Crippen LogP) is 5.72. The van der Waals surface area contributed by atoms with Gasteiger partial charge in [-0.15, -0.1) is 0 Å². The van der Waals surface area contributed by atoms with Gasteiger partial charge in [0, 0.05) is 23.5 Å². The first-order valence-corrected chi connectivity index (χ1v) is 10.0. The van der Waals surface area contributed by atoms with Crippen molar-refractivity contribution in [2.75, 3.05) is 5.32 Å². The first-order valence-electron chi connectivity index (χ1n) is 9.24. The molecule has 30 heavy (non-hydrogen) atoms. The van der Waals surface area contributed by atoms with Crippen molar-refractivity contribution >= 4 is 33.0 Å². The molecule has 5 rings (SSSR count). The summed E-state index contributed by atoms with van der Waals surface area (Å²) >= 11 is 3.99. The lowest BCUT2D eigenvalue weighted by Crippen LogP contribution is -2.29. The van der Waals surface area contributed by atoms with Crippen LogP contribution in [0.3, 0.4) is 0 Å². The number of rotatable bonds is 3. The summed E-state index contributed by atoms with van der Waals surface area (Å²) in [6.45, 7) is 0. The molecule has 0 amide bonds. The van der Waals surface area contributed by atoms with Crippen molar-refractivity contribution in [3.8, 4) is 0 Å². The summed E-state index contributed by atoms with van der Waals surface area (Å²) in [4.78, 5) is 4.14. The monoisotopic (exact) mass is 464 g/mol. The number of nitrogens with zero attached hydrogens (tertiary/aromatic N) is 2.